The first-order valence-electron chi connectivity index (χ1n) is 10.5. The van der Waals surface area contributed by atoms with E-state index in [0.29, 0.717) is 12.1 Å². The Morgan fingerprint density at radius 1 is 0.793 bits per heavy atom. The zero-order valence-electron chi connectivity index (χ0n) is 16.4. The summed E-state index contributed by atoms with van der Waals surface area (Å²) in [4.78, 5) is 2.63. The lowest BCUT2D eigenvalue weighted by Gasteiger charge is -2.47. The maximum Gasteiger partial charge on any atom is 0.0926 e. The van der Waals surface area contributed by atoms with E-state index in [2.05, 4.69) is 59.5 Å². The van der Waals surface area contributed by atoms with Crippen molar-refractivity contribution >= 4 is 11.6 Å². The van der Waals surface area contributed by atoms with Crippen LogP contribution in [0.25, 0.3) is 0 Å². The molecule has 1 N–H and O–H groups in total. The van der Waals surface area contributed by atoms with Gasteiger partial charge in [-0.25, -0.2) is 0 Å². The molecule has 148 valence electrons. The molecule has 2 bridgehead atoms. The van der Waals surface area contributed by atoms with Gasteiger partial charge in [0.15, 0.2) is 0 Å². The molecule has 2 fully saturated rings. The third-order valence-corrected chi connectivity index (χ3v) is 7.09. The molecule has 2 nitrogen and oxygen atoms in total. The highest BCUT2D eigenvalue weighted by Gasteiger charge is 2.50. The van der Waals surface area contributed by atoms with Crippen LogP contribution in [0.2, 0.25) is 5.02 Å². The van der Waals surface area contributed by atoms with Crippen LogP contribution in [0.15, 0.2) is 84.9 Å². The molecule has 5 rings (SSSR count). The fraction of sp³-hybridized carbons (Fsp3) is 0.308. The van der Waals surface area contributed by atoms with Crippen molar-refractivity contribution in [3.05, 3.63) is 107 Å². The Bertz CT molecular complexity index is 960. The smallest absolute Gasteiger partial charge is 0.0926 e. The summed E-state index contributed by atoms with van der Waals surface area (Å²) in [6, 6.07) is 29.8. The fourth-order valence-corrected chi connectivity index (χ4v) is 5.75. The highest BCUT2D eigenvalue weighted by Crippen LogP contribution is 2.50. The number of halogens is 1. The Labute approximate surface area is 177 Å². The summed E-state index contributed by atoms with van der Waals surface area (Å²) >= 11 is 6.68. The Balaban J connectivity index is 1.54. The van der Waals surface area contributed by atoms with Crippen LogP contribution in [-0.2, 0) is 5.60 Å². The van der Waals surface area contributed by atoms with Crippen molar-refractivity contribution in [2.75, 3.05) is 0 Å². The first kappa shape index (κ1) is 18.9. The molecular weight excluding hydrogens is 378 g/mol. The molecule has 0 saturated carbocycles. The van der Waals surface area contributed by atoms with Crippen molar-refractivity contribution in [3.63, 3.8) is 0 Å². The summed E-state index contributed by atoms with van der Waals surface area (Å²) in [5.41, 5.74) is 2.72. The fourth-order valence-electron chi connectivity index (χ4n) is 5.51. The van der Waals surface area contributed by atoms with Crippen molar-refractivity contribution < 1.29 is 5.11 Å². The molecule has 2 saturated heterocycles. The Hall–Kier alpha value is -2.13. The van der Waals surface area contributed by atoms with E-state index in [-0.39, 0.29) is 6.04 Å². The third kappa shape index (κ3) is 3.40. The average Bonchev–Trinajstić information content (AvgIpc) is 3.02. The van der Waals surface area contributed by atoms with E-state index in [0.717, 1.165) is 41.8 Å². The second kappa shape index (κ2) is 7.60. The first-order chi connectivity index (χ1) is 14.2. The normalized spacial score (nSPS) is 27.7. The summed E-state index contributed by atoms with van der Waals surface area (Å²) in [5, 5.41) is 12.4. The summed E-state index contributed by atoms with van der Waals surface area (Å²) in [5.74, 6) is 0. The molecule has 29 heavy (non-hydrogen) atoms. The monoisotopic (exact) mass is 403 g/mol. The van der Waals surface area contributed by atoms with Crippen LogP contribution in [0, 0.1) is 0 Å². The van der Waals surface area contributed by atoms with Crippen LogP contribution >= 0.6 is 11.6 Å². The second-order valence-corrected chi connectivity index (χ2v) is 8.88. The molecule has 2 heterocycles. The predicted molar refractivity (Wildman–Crippen MR) is 118 cm³/mol. The Morgan fingerprint density at radius 2 is 1.34 bits per heavy atom. The van der Waals surface area contributed by atoms with Crippen LogP contribution in [0.3, 0.4) is 0 Å². The average molecular weight is 404 g/mol. The lowest BCUT2D eigenvalue weighted by molar-refractivity contribution is -0.0657. The number of piperidine rings is 1. The van der Waals surface area contributed by atoms with Crippen molar-refractivity contribution in [1.29, 1.82) is 0 Å². The van der Waals surface area contributed by atoms with Crippen LogP contribution in [0.1, 0.15) is 48.4 Å². The Kier molecular flexibility index (Phi) is 4.95. The first-order valence-corrected chi connectivity index (χ1v) is 10.9. The topological polar surface area (TPSA) is 23.5 Å². The maximum atomic E-state index is 11.6. The largest absolute Gasteiger partial charge is 0.385 e. The van der Waals surface area contributed by atoms with Crippen LogP contribution < -0.4 is 0 Å². The molecule has 0 aliphatic carbocycles. The summed E-state index contributed by atoms with van der Waals surface area (Å²) < 4.78 is 0. The van der Waals surface area contributed by atoms with Gasteiger partial charge >= 0.3 is 0 Å². The van der Waals surface area contributed by atoms with Gasteiger partial charge in [0.1, 0.15) is 0 Å². The van der Waals surface area contributed by atoms with Gasteiger partial charge in [-0.05, 0) is 48.4 Å². The molecule has 3 unspecified atom stereocenters. The van der Waals surface area contributed by atoms with Gasteiger partial charge in [0, 0.05) is 17.1 Å². The molecule has 0 amide bonds. The summed E-state index contributed by atoms with van der Waals surface area (Å²) in [6.07, 6.45) is 3.77. The highest BCUT2D eigenvalue weighted by molar-refractivity contribution is 6.31. The number of fused-ring (bicyclic) bond motifs is 2. The zero-order valence-corrected chi connectivity index (χ0v) is 17.2. The highest BCUT2D eigenvalue weighted by atomic mass is 35.5. The van der Waals surface area contributed by atoms with E-state index >= 15 is 0 Å². The van der Waals surface area contributed by atoms with Gasteiger partial charge in [-0.2, -0.15) is 0 Å². The lowest BCUT2D eigenvalue weighted by Crippen LogP contribution is -2.51. The minimum atomic E-state index is -0.745. The minimum absolute atomic E-state index is 0.114. The standard InChI is InChI=1S/C26H26ClNO/c27-24-14-8-7-13-23(24)25(19-9-3-1-4-10-19)28-21-15-16-22(28)18-26(29,17-21)20-11-5-2-6-12-20/h1-14,21-22,25,29H,15-18H2. The molecule has 3 aromatic rings. The second-order valence-electron chi connectivity index (χ2n) is 8.47. The third-order valence-electron chi connectivity index (χ3n) is 6.75. The van der Waals surface area contributed by atoms with Gasteiger partial charge in [-0.15, -0.1) is 0 Å². The van der Waals surface area contributed by atoms with Crippen molar-refractivity contribution in [2.45, 2.75) is 49.4 Å². The molecule has 2 aliphatic rings. The van der Waals surface area contributed by atoms with E-state index in [1.807, 2.05) is 30.3 Å². The van der Waals surface area contributed by atoms with E-state index < -0.39 is 5.60 Å². The van der Waals surface area contributed by atoms with Crippen LogP contribution in [0.4, 0.5) is 0 Å². The SMILES string of the molecule is OC1(c2ccccc2)CC2CCC(C1)N2C(c1ccccc1)c1ccccc1Cl. The molecule has 0 spiro atoms. The van der Waals surface area contributed by atoms with E-state index in [1.54, 1.807) is 0 Å². The van der Waals surface area contributed by atoms with Crippen LogP contribution in [0.5, 0.6) is 0 Å². The van der Waals surface area contributed by atoms with Gasteiger partial charge in [0.05, 0.1) is 11.6 Å². The number of nitrogens with zero attached hydrogens (tertiary/aromatic N) is 1. The zero-order chi connectivity index (χ0) is 19.8. The van der Waals surface area contributed by atoms with Crippen molar-refractivity contribution in [2.24, 2.45) is 0 Å². The van der Waals surface area contributed by atoms with Gasteiger partial charge in [-0.1, -0.05) is 90.5 Å². The van der Waals surface area contributed by atoms with Gasteiger partial charge in [0.2, 0.25) is 0 Å². The number of rotatable bonds is 4. The molecule has 3 atom stereocenters. The molecule has 0 aromatic heterocycles. The van der Waals surface area contributed by atoms with Gasteiger partial charge < -0.3 is 5.11 Å². The van der Waals surface area contributed by atoms with E-state index in [9.17, 15) is 5.11 Å². The van der Waals surface area contributed by atoms with E-state index in [1.165, 1.54) is 5.56 Å². The van der Waals surface area contributed by atoms with Crippen molar-refractivity contribution in [3.8, 4) is 0 Å². The lowest BCUT2D eigenvalue weighted by atomic mass is 9.79. The summed E-state index contributed by atoms with van der Waals surface area (Å²) in [6.45, 7) is 0. The van der Waals surface area contributed by atoms with Crippen molar-refractivity contribution in [1.82, 2.24) is 4.90 Å². The Morgan fingerprint density at radius 3 is 1.97 bits per heavy atom. The van der Waals surface area contributed by atoms with E-state index in [4.69, 9.17) is 11.6 Å². The van der Waals surface area contributed by atoms with Crippen LogP contribution in [-0.4, -0.2) is 22.1 Å². The molecule has 2 aliphatic heterocycles. The number of hydrogen-bond donors (Lipinski definition) is 1. The number of aliphatic hydroxyl groups is 1. The van der Waals surface area contributed by atoms with Gasteiger partial charge in [0.25, 0.3) is 0 Å². The quantitative estimate of drug-likeness (QED) is 0.582. The molecule has 0 radical (unpaired) electrons. The maximum absolute atomic E-state index is 11.6. The number of hydrogen-bond acceptors (Lipinski definition) is 2. The number of benzene rings is 3. The molecule has 3 heteroatoms. The molecule has 3 aromatic carbocycles. The van der Waals surface area contributed by atoms with Gasteiger partial charge in [-0.3, -0.25) is 4.90 Å². The molecular formula is C26H26ClNO. The minimum Gasteiger partial charge on any atom is -0.385 e. The summed E-state index contributed by atoms with van der Waals surface area (Å²) in [7, 11) is 0. The predicted octanol–water partition coefficient (Wildman–Crippen LogP) is 5.94.